The van der Waals surface area contributed by atoms with Gasteiger partial charge in [0.15, 0.2) is 0 Å². The van der Waals surface area contributed by atoms with Crippen LogP contribution in [0.15, 0.2) is 43.0 Å². The summed E-state index contributed by atoms with van der Waals surface area (Å²) in [5.41, 5.74) is 4.22. The SMILES string of the molecule is C=CCN(CCS(=O)(=O)O)C(=O)C(C)(C)Cc1ccc(C(=O)Oc2ccc(C(=N)N)c(F)c2)s1. The third-order valence-electron chi connectivity index (χ3n) is 4.76. The van der Waals surface area contributed by atoms with Crippen molar-refractivity contribution in [3.05, 3.63) is 64.1 Å². The minimum Gasteiger partial charge on any atom is -0.422 e. The molecular formula is C22H26FN3O6S2. The Morgan fingerprint density at radius 2 is 2.00 bits per heavy atom. The monoisotopic (exact) mass is 511 g/mol. The van der Waals surface area contributed by atoms with E-state index in [0.29, 0.717) is 4.88 Å². The van der Waals surface area contributed by atoms with Crippen LogP contribution in [0.5, 0.6) is 5.75 Å². The molecule has 0 fully saturated rings. The molecule has 12 heteroatoms. The first-order chi connectivity index (χ1) is 15.7. The number of nitrogens with zero attached hydrogens (tertiary/aromatic N) is 1. The van der Waals surface area contributed by atoms with Gasteiger partial charge in [-0.2, -0.15) is 8.42 Å². The Labute approximate surface area is 201 Å². The van der Waals surface area contributed by atoms with Crippen LogP contribution in [0.1, 0.15) is 34.0 Å². The van der Waals surface area contributed by atoms with E-state index >= 15 is 0 Å². The average Bonchev–Trinajstić information content (AvgIpc) is 3.17. The molecule has 0 bridgehead atoms. The number of thiophene rings is 1. The first-order valence-corrected chi connectivity index (χ1v) is 12.5. The quantitative estimate of drug-likeness (QED) is 0.105. The van der Waals surface area contributed by atoms with Crippen molar-refractivity contribution in [1.29, 1.82) is 5.41 Å². The number of esters is 1. The number of hydrogen-bond donors (Lipinski definition) is 3. The largest absolute Gasteiger partial charge is 0.422 e. The van der Waals surface area contributed by atoms with Gasteiger partial charge in [0, 0.05) is 29.4 Å². The Bertz CT molecular complexity index is 1210. The molecule has 34 heavy (non-hydrogen) atoms. The summed E-state index contributed by atoms with van der Waals surface area (Å²) >= 11 is 1.11. The third-order valence-corrected chi connectivity index (χ3v) is 6.52. The van der Waals surface area contributed by atoms with Crippen LogP contribution in [0.4, 0.5) is 4.39 Å². The summed E-state index contributed by atoms with van der Waals surface area (Å²) in [7, 11) is -4.23. The molecule has 0 radical (unpaired) electrons. The van der Waals surface area contributed by atoms with Gasteiger partial charge < -0.3 is 15.4 Å². The molecule has 9 nitrogen and oxygen atoms in total. The van der Waals surface area contributed by atoms with Crippen LogP contribution in [0.2, 0.25) is 0 Å². The molecule has 4 N–H and O–H groups in total. The molecule has 0 aliphatic carbocycles. The molecule has 0 spiro atoms. The summed E-state index contributed by atoms with van der Waals surface area (Å²) in [4.78, 5) is 27.7. The van der Waals surface area contributed by atoms with E-state index in [1.807, 2.05) is 0 Å². The van der Waals surface area contributed by atoms with Gasteiger partial charge in [0.05, 0.1) is 11.3 Å². The number of amidine groups is 1. The molecule has 0 unspecified atom stereocenters. The lowest BCUT2D eigenvalue weighted by Crippen LogP contribution is -2.44. The van der Waals surface area contributed by atoms with E-state index in [-0.39, 0.29) is 41.6 Å². The molecule has 1 aromatic carbocycles. The zero-order chi connectivity index (χ0) is 25.7. The van der Waals surface area contributed by atoms with Gasteiger partial charge >= 0.3 is 5.97 Å². The highest BCUT2D eigenvalue weighted by Gasteiger charge is 2.33. The van der Waals surface area contributed by atoms with Crippen LogP contribution in [-0.4, -0.2) is 54.4 Å². The number of nitrogen functional groups attached to an aromatic ring is 1. The lowest BCUT2D eigenvalue weighted by molar-refractivity contribution is -0.139. The maximum Gasteiger partial charge on any atom is 0.353 e. The number of rotatable bonds is 11. The van der Waals surface area contributed by atoms with Crippen LogP contribution < -0.4 is 10.5 Å². The molecule has 2 aromatic rings. The summed E-state index contributed by atoms with van der Waals surface area (Å²) in [6.07, 6.45) is 1.72. The summed E-state index contributed by atoms with van der Waals surface area (Å²) in [5.74, 6) is -2.92. The van der Waals surface area contributed by atoms with E-state index in [9.17, 15) is 22.4 Å². The zero-order valence-corrected chi connectivity index (χ0v) is 20.3. The van der Waals surface area contributed by atoms with Crippen molar-refractivity contribution >= 4 is 39.2 Å². The molecule has 184 valence electrons. The van der Waals surface area contributed by atoms with Crippen molar-refractivity contribution in [3.63, 3.8) is 0 Å². The maximum absolute atomic E-state index is 14.0. The Hall–Kier alpha value is -3.09. The second-order valence-electron chi connectivity index (χ2n) is 8.10. The molecule has 0 saturated carbocycles. The first-order valence-electron chi connectivity index (χ1n) is 10.0. The fraction of sp³-hybridized carbons (Fsp3) is 0.318. The number of ether oxygens (including phenoxy) is 1. The van der Waals surface area contributed by atoms with Crippen LogP contribution in [0.25, 0.3) is 0 Å². The van der Waals surface area contributed by atoms with Crippen molar-refractivity contribution < 1.29 is 31.7 Å². The number of amides is 1. The Balaban J connectivity index is 2.10. The van der Waals surface area contributed by atoms with Crippen molar-refractivity contribution in [2.45, 2.75) is 20.3 Å². The summed E-state index contributed by atoms with van der Waals surface area (Å²) in [6, 6.07) is 6.74. The molecule has 0 saturated heterocycles. The Kier molecular flexibility index (Phi) is 8.70. The van der Waals surface area contributed by atoms with E-state index in [0.717, 1.165) is 17.4 Å². The number of hydrogen-bond acceptors (Lipinski definition) is 7. The second kappa shape index (κ2) is 10.9. The molecule has 0 aliphatic rings. The van der Waals surface area contributed by atoms with Crippen molar-refractivity contribution in [1.82, 2.24) is 4.90 Å². The van der Waals surface area contributed by atoms with E-state index in [4.69, 9.17) is 20.4 Å². The van der Waals surface area contributed by atoms with Gasteiger partial charge in [-0.1, -0.05) is 19.9 Å². The maximum atomic E-state index is 14.0. The topological polar surface area (TPSA) is 151 Å². The van der Waals surface area contributed by atoms with Gasteiger partial charge in [-0.25, -0.2) is 9.18 Å². The lowest BCUT2D eigenvalue weighted by atomic mass is 9.87. The van der Waals surface area contributed by atoms with E-state index < -0.39 is 38.9 Å². The highest BCUT2D eigenvalue weighted by molar-refractivity contribution is 7.85. The first kappa shape index (κ1) is 27.2. The highest BCUT2D eigenvalue weighted by atomic mass is 32.2. The molecule has 1 heterocycles. The molecule has 0 aliphatic heterocycles. The van der Waals surface area contributed by atoms with Crippen LogP contribution in [0, 0.1) is 16.6 Å². The van der Waals surface area contributed by atoms with Gasteiger partial charge in [0.1, 0.15) is 22.3 Å². The number of nitrogens with two attached hydrogens (primary N) is 1. The zero-order valence-electron chi connectivity index (χ0n) is 18.7. The molecule has 0 atom stereocenters. The summed E-state index contributed by atoms with van der Waals surface area (Å²) in [5, 5.41) is 7.29. The molecular weight excluding hydrogens is 485 g/mol. The predicted molar refractivity (Wildman–Crippen MR) is 127 cm³/mol. The van der Waals surface area contributed by atoms with Gasteiger partial charge in [0.25, 0.3) is 10.1 Å². The number of carbonyl (C=O) groups excluding carboxylic acids is 2. The smallest absolute Gasteiger partial charge is 0.353 e. The number of halogens is 1. The van der Waals surface area contributed by atoms with Gasteiger partial charge in [0.2, 0.25) is 5.91 Å². The summed E-state index contributed by atoms with van der Waals surface area (Å²) in [6.45, 7) is 6.88. The normalized spacial score (nSPS) is 11.6. The lowest BCUT2D eigenvalue weighted by Gasteiger charge is -2.31. The second-order valence-corrected chi connectivity index (χ2v) is 10.8. The van der Waals surface area contributed by atoms with Crippen LogP contribution >= 0.6 is 11.3 Å². The van der Waals surface area contributed by atoms with Gasteiger partial charge in [-0.15, -0.1) is 17.9 Å². The van der Waals surface area contributed by atoms with Gasteiger partial charge in [-0.3, -0.25) is 14.8 Å². The van der Waals surface area contributed by atoms with Crippen molar-refractivity contribution in [2.75, 3.05) is 18.8 Å². The van der Waals surface area contributed by atoms with Crippen molar-refractivity contribution in [2.24, 2.45) is 11.1 Å². The Morgan fingerprint density at radius 3 is 2.56 bits per heavy atom. The number of benzene rings is 1. The fourth-order valence-corrected chi connectivity index (χ4v) is 4.68. The minimum atomic E-state index is -4.23. The van der Waals surface area contributed by atoms with E-state index in [2.05, 4.69) is 6.58 Å². The standard InChI is InChI=1S/C22H26FN3O6S2/c1-4-9-26(10-11-34(29,30)31)21(28)22(2,3)13-15-6-8-18(33-15)20(27)32-14-5-7-16(19(24)25)17(23)12-14/h4-8,12H,1,9-11,13H2,2-3H3,(H3,24,25)(H,29,30,31). The van der Waals surface area contributed by atoms with E-state index in [1.165, 1.54) is 29.2 Å². The number of nitrogens with one attached hydrogen (secondary N) is 1. The average molecular weight is 512 g/mol. The van der Waals surface area contributed by atoms with E-state index in [1.54, 1.807) is 19.9 Å². The van der Waals surface area contributed by atoms with Crippen LogP contribution in [-0.2, 0) is 21.3 Å². The highest BCUT2D eigenvalue weighted by Crippen LogP contribution is 2.29. The molecule has 2 rings (SSSR count). The fourth-order valence-electron chi connectivity index (χ4n) is 3.11. The van der Waals surface area contributed by atoms with Gasteiger partial charge in [-0.05, 0) is 30.7 Å². The summed E-state index contributed by atoms with van der Waals surface area (Å²) < 4.78 is 50.3. The molecule has 1 amide bonds. The van der Waals surface area contributed by atoms with Crippen molar-refractivity contribution in [3.8, 4) is 5.75 Å². The predicted octanol–water partition coefficient (Wildman–Crippen LogP) is 2.86. The Morgan fingerprint density at radius 1 is 1.32 bits per heavy atom. The van der Waals surface area contributed by atoms with Crippen LogP contribution in [0.3, 0.4) is 0 Å². The molecule has 1 aromatic heterocycles. The third kappa shape index (κ3) is 7.47. The number of carbonyl (C=O) groups is 2. The minimum absolute atomic E-state index is 0.0446.